The van der Waals surface area contributed by atoms with Crippen LogP contribution in [0.25, 0.3) is 0 Å². The number of hydrogen-bond acceptors (Lipinski definition) is 2. The first kappa shape index (κ1) is 16.0. The van der Waals surface area contributed by atoms with E-state index in [9.17, 15) is 4.79 Å². The second-order valence-corrected chi connectivity index (χ2v) is 6.57. The van der Waals surface area contributed by atoms with E-state index in [1.807, 2.05) is 30.9 Å². The maximum atomic E-state index is 12.9. The summed E-state index contributed by atoms with van der Waals surface area (Å²) in [6.07, 6.45) is 3.69. The molecule has 0 aliphatic carbocycles. The van der Waals surface area contributed by atoms with Crippen molar-refractivity contribution in [1.82, 2.24) is 10.2 Å². The first-order chi connectivity index (χ1) is 9.97. The molecule has 1 aliphatic rings. The highest BCUT2D eigenvalue weighted by atomic mass is 16.2. The zero-order chi connectivity index (χ0) is 15.4. The molecule has 0 aromatic heterocycles. The molecular formula is C18H28N2O. The van der Waals surface area contributed by atoms with E-state index in [0.717, 1.165) is 29.8 Å². The van der Waals surface area contributed by atoms with Crippen molar-refractivity contribution < 1.29 is 4.79 Å². The van der Waals surface area contributed by atoms with Crippen molar-refractivity contribution in [2.24, 2.45) is 0 Å². The van der Waals surface area contributed by atoms with E-state index < -0.39 is 0 Å². The summed E-state index contributed by atoms with van der Waals surface area (Å²) in [7, 11) is 0. The van der Waals surface area contributed by atoms with Gasteiger partial charge in [0.1, 0.15) is 0 Å². The quantitative estimate of drug-likeness (QED) is 0.922. The van der Waals surface area contributed by atoms with Crippen LogP contribution in [-0.4, -0.2) is 36.0 Å². The Morgan fingerprint density at radius 1 is 1.24 bits per heavy atom. The Morgan fingerprint density at radius 3 is 2.43 bits per heavy atom. The maximum absolute atomic E-state index is 12.9. The molecule has 1 atom stereocenters. The van der Waals surface area contributed by atoms with E-state index in [4.69, 9.17) is 0 Å². The summed E-state index contributed by atoms with van der Waals surface area (Å²) in [5.41, 5.74) is 3.12. The van der Waals surface area contributed by atoms with Crippen molar-refractivity contribution in [3.63, 3.8) is 0 Å². The predicted octanol–water partition coefficient (Wildman–Crippen LogP) is 3.30. The van der Waals surface area contributed by atoms with Gasteiger partial charge < -0.3 is 10.2 Å². The number of nitrogens with zero attached hydrogens (tertiary/aromatic N) is 1. The van der Waals surface area contributed by atoms with Crippen LogP contribution in [0.3, 0.4) is 0 Å². The molecule has 0 radical (unpaired) electrons. The maximum Gasteiger partial charge on any atom is 0.254 e. The number of rotatable bonds is 4. The molecule has 3 heteroatoms. The van der Waals surface area contributed by atoms with Crippen LogP contribution in [0.1, 0.15) is 54.6 Å². The molecule has 21 heavy (non-hydrogen) atoms. The highest BCUT2D eigenvalue weighted by molar-refractivity contribution is 5.94. The molecule has 0 saturated carbocycles. The number of aryl methyl sites for hydroxylation is 2. The van der Waals surface area contributed by atoms with Crippen LogP contribution in [0.4, 0.5) is 0 Å². The monoisotopic (exact) mass is 288 g/mol. The lowest BCUT2D eigenvalue weighted by molar-refractivity contribution is 0.0676. The van der Waals surface area contributed by atoms with Crippen molar-refractivity contribution in [2.75, 3.05) is 13.1 Å². The zero-order valence-electron chi connectivity index (χ0n) is 13.8. The third-order valence-corrected chi connectivity index (χ3v) is 4.18. The summed E-state index contributed by atoms with van der Waals surface area (Å²) in [6, 6.07) is 6.77. The lowest BCUT2D eigenvalue weighted by Crippen LogP contribution is -2.48. The smallest absolute Gasteiger partial charge is 0.254 e. The van der Waals surface area contributed by atoms with Gasteiger partial charge in [-0.3, -0.25) is 4.79 Å². The lowest BCUT2D eigenvalue weighted by atomic mass is 10.0. The van der Waals surface area contributed by atoms with E-state index in [-0.39, 0.29) is 11.9 Å². The Morgan fingerprint density at radius 2 is 1.90 bits per heavy atom. The zero-order valence-corrected chi connectivity index (χ0v) is 13.8. The van der Waals surface area contributed by atoms with Gasteiger partial charge in [0.2, 0.25) is 0 Å². The van der Waals surface area contributed by atoms with Gasteiger partial charge in [0, 0.05) is 24.2 Å². The molecule has 1 amide bonds. The largest absolute Gasteiger partial charge is 0.335 e. The van der Waals surface area contributed by atoms with Crippen LogP contribution in [0, 0.1) is 13.8 Å². The predicted molar refractivity (Wildman–Crippen MR) is 87.7 cm³/mol. The van der Waals surface area contributed by atoms with E-state index in [0.29, 0.717) is 6.04 Å². The number of piperidine rings is 1. The number of hydrogen-bond donors (Lipinski definition) is 1. The summed E-state index contributed by atoms with van der Waals surface area (Å²) >= 11 is 0. The number of amides is 1. The average Bonchev–Trinajstić information content (AvgIpc) is 2.44. The van der Waals surface area contributed by atoms with Gasteiger partial charge in [0.25, 0.3) is 5.91 Å². The third-order valence-electron chi connectivity index (χ3n) is 4.18. The fraction of sp³-hybridized carbons (Fsp3) is 0.611. The summed E-state index contributed by atoms with van der Waals surface area (Å²) in [4.78, 5) is 14.9. The van der Waals surface area contributed by atoms with Crippen molar-refractivity contribution >= 4 is 5.91 Å². The van der Waals surface area contributed by atoms with E-state index in [1.165, 1.54) is 19.3 Å². The molecular weight excluding hydrogens is 260 g/mol. The SMILES string of the molecule is Cc1cc(C)cc(C(=O)N(CC2CCCCN2)C(C)C)c1. The van der Waals surface area contributed by atoms with Gasteiger partial charge >= 0.3 is 0 Å². The van der Waals surface area contributed by atoms with Gasteiger partial charge in [-0.25, -0.2) is 0 Å². The summed E-state index contributed by atoms with van der Waals surface area (Å²) in [5, 5.41) is 3.54. The molecule has 1 saturated heterocycles. The van der Waals surface area contributed by atoms with E-state index in [2.05, 4.69) is 25.2 Å². The summed E-state index contributed by atoms with van der Waals surface area (Å²) < 4.78 is 0. The number of carbonyl (C=O) groups is 1. The minimum atomic E-state index is 0.157. The Kier molecular flexibility index (Phi) is 5.40. The number of carbonyl (C=O) groups excluding carboxylic acids is 1. The van der Waals surface area contributed by atoms with Crippen LogP contribution in [-0.2, 0) is 0 Å². The molecule has 1 N–H and O–H groups in total. The fourth-order valence-electron chi connectivity index (χ4n) is 3.11. The fourth-order valence-corrected chi connectivity index (χ4v) is 3.11. The molecule has 116 valence electrons. The van der Waals surface area contributed by atoms with Gasteiger partial charge in [-0.15, -0.1) is 0 Å². The molecule has 1 aromatic carbocycles. The number of nitrogens with one attached hydrogen (secondary N) is 1. The van der Waals surface area contributed by atoms with Gasteiger partial charge in [0.05, 0.1) is 0 Å². The molecule has 1 heterocycles. The highest BCUT2D eigenvalue weighted by Gasteiger charge is 2.23. The summed E-state index contributed by atoms with van der Waals surface area (Å²) in [5.74, 6) is 0.157. The third kappa shape index (κ3) is 4.31. The molecule has 1 aliphatic heterocycles. The molecule has 0 spiro atoms. The van der Waals surface area contributed by atoms with E-state index >= 15 is 0 Å². The molecule has 0 bridgehead atoms. The van der Waals surface area contributed by atoms with Crippen molar-refractivity contribution in [3.8, 4) is 0 Å². The Bertz CT molecular complexity index is 470. The second kappa shape index (κ2) is 7.08. The van der Waals surface area contributed by atoms with Crippen LogP contribution >= 0.6 is 0 Å². The molecule has 3 nitrogen and oxygen atoms in total. The molecule has 1 fully saturated rings. The van der Waals surface area contributed by atoms with Crippen LogP contribution < -0.4 is 5.32 Å². The van der Waals surface area contributed by atoms with Crippen LogP contribution in [0.2, 0.25) is 0 Å². The standard InChI is InChI=1S/C18H28N2O/c1-13(2)20(12-17-7-5-6-8-19-17)18(21)16-10-14(3)9-15(4)11-16/h9-11,13,17,19H,5-8,12H2,1-4H3. The highest BCUT2D eigenvalue weighted by Crippen LogP contribution is 2.16. The first-order valence-electron chi connectivity index (χ1n) is 8.10. The van der Waals surface area contributed by atoms with E-state index in [1.54, 1.807) is 0 Å². The second-order valence-electron chi connectivity index (χ2n) is 6.57. The molecule has 2 rings (SSSR count). The number of benzene rings is 1. The van der Waals surface area contributed by atoms with Crippen molar-refractivity contribution in [1.29, 1.82) is 0 Å². The topological polar surface area (TPSA) is 32.3 Å². The van der Waals surface area contributed by atoms with Gasteiger partial charge in [0.15, 0.2) is 0 Å². The molecule has 1 aromatic rings. The normalized spacial score (nSPS) is 18.8. The van der Waals surface area contributed by atoms with Crippen molar-refractivity contribution in [2.45, 2.75) is 59.0 Å². The van der Waals surface area contributed by atoms with Crippen LogP contribution in [0.5, 0.6) is 0 Å². The molecule has 1 unspecified atom stereocenters. The Labute approximate surface area is 128 Å². The van der Waals surface area contributed by atoms with Crippen molar-refractivity contribution in [3.05, 3.63) is 34.9 Å². The minimum Gasteiger partial charge on any atom is -0.335 e. The van der Waals surface area contributed by atoms with Gasteiger partial charge in [-0.2, -0.15) is 0 Å². The van der Waals surface area contributed by atoms with Gasteiger partial charge in [-0.05, 0) is 59.2 Å². The average molecular weight is 288 g/mol. The first-order valence-corrected chi connectivity index (χ1v) is 8.10. The summed E-state index contributed by atoms with van der Waals surface area (Å²) in [6.45, 7) is 10.2. The Hall–Kier alpha value is -1.35. The minimum absolute atomic E-state index is 0.157. The van der Waals surface area contributed by atoms with Gasteiger partial charge in [-0.1, -0.05) is 23.6 Å². The Balaban J connectivity index is 2.14. The lowest BCUT2D eigenvalue weighted by Gasteiger charge is -2.33. The van der Waals surface area contributed by atoms with Crippen LogP contribution in [0.15, 0.2) is 18.2 Å².